The fourth-order valence-corrected chi connectivity index (χ4v) is 7.28. The largest absolute Gasteiger partial charge is 0.496 e. The van der Waals surface area contributed by atoms with Gasteiger partial charge in [-0.25, -0.2) is 9.79 Å². The van der Waals surface area contributed by atoms with E-state index in [4.69, 9.17) is 35.5 Å². The second-order valence-corrected chi connectivity index (χ2v) is 13.5. The van der Waals surface area contributed by atoms with Crippen molar-refractivity contribution in [2.24, 2.45) is 4.99 Å². The van der Waals surface area contributed by atoms with Gasteiger partial charge in [-0.3, -0.25) is 9.36 Å². The van der Waals surface area contributed by atoms with E-state index in [1.807, 2.05) is 55.5 Å². The van der Waals surface area contributed by atoms with E-state index in [9.17, 15) is 9.59 Å². The Morgan fingerprint density at radius 1 is 1.04 bits per heavy atom. The van der Waals surface area contributed by atoms with Crippen molar-refractivity contribution in [1.29, 1.82) is 0 Å². The molecule has 0 unspecified atom stereocenters. The monoisotopic (exact) mass is 788 g/mol. The summed E-state index contributed by atoms with van der Waals surface area (Å²) in [5, 5.41) is 0.651. The van der Waals surface area contributed by atoms with Crippen LogP contribution in [0.15, 0.2) is 84.6 Å². The Morgan fingerprint density at radius 3 is 2.46 bits per heavy atom. The number of hydrogen-bond donors (Lipinski definition) is 0. The standard InChI is InChI=1S/C34H31Br2ClN2O6S/c1-5-7-25-29(33(41)44-6-2)30(23-17-21(35)10-13-26(23)42-3)39-32(40)28(46-34(39)38-25)16-20-14-24(36)31(27(15-20)43-4)45-18-19-8-11-22(37)12-9-19/h8-17,30H,5-7,18H2,1-4H3/b28-16+/t30-/m0/s1. The number of halogens is 3. The topological polar surface area (TPSA) is 88.4 Å². The minimum atomic E-state index is -0.809. The van der Waals surface area contributed by atoms with Crippen LogP contribution in [0.4, 0.5) is 0 Å². The first-order chi connectivity index (χ1) is 22.2. The van der Waals surface area contributed by atoms with Crippen LogP contribution in [0.3, 0.4) is 0 Å². The number of allylic oxidation sites excluding steroid dienone is 1. The molecule has 0 amide bonds. The molecule has 0 bridgehead atoms. The molecule has 8 nitrogen and oxygen atoms in total. The smallest absolute Gasteiger partial charge is 0.338 e. The van der Waals surface area contributed by atoms with Crippen molar-refractivity contribution < 1.29 is 23.7 Å². The molecule has 1 aliphatic rings. The summed E-state index contributed by atoms with van der Waals surface area (Å²) in [6.07, 6.45) is 3.06. The third-order valence-electron chi connectivity index (χ3n) is 7.22. The summed E-state index contributed by atoms with van der Waals surface area (Å²) in [6, 6.07) is 15.8. The van der Waals surface area contributed by atoms with Crippen molar-refractivity contribution >= 4 is 66.8 Å². The molecule has 0 N–H and O–H groups in total. The Balaban J connectivity index is 1.64. The highest BCUT2D eigenvalue weighted by atomic mass is 79.9. The molecule has 1 atom stereocenters. The predicted octanol–water partition coefficient (Wildman–Crippen LogP) is 7.35. The summed E-state index contributed by atoms with van der Waals surface area (Å²) in [6.45, 7) is 4.27. The van der Waals surface area contributed by atoms with Crippen LogP contribution in [0, 0.1) is 0 Å². The van der Waals surface area contributed by atoms with Gasteiger partial charge in [-0.15, -0.1) is 0 Å². The van der Waals surface area contributed by atoms with Gasteiger partial charge in [0, 0.05) is 15.1 Å². The first-order valence-corrected chi connectivity index (χ1v) is 17.3. The lowest BCUT2D eigenvalue weighted by atomic mass is 9.93. The Morgan fingerprint density at radius 2 is 1.78 bits per heavy atom. The molecule has 0 aliphatic carbocycles. The molecule has 5 rings (SSSR count). The zero-order chi connectivity index (χ0) is 33.0. The van der Waals surface area contributed by atoms with E-state index >= 15 is 0 Å². The fourth-order valence-electron chi connectivity index (χ4n) is 5.18. The number of rotatable bonds is 11. The SMILES string of the molecule is CCCC1=C(C(=O)OCC)[C@H](c2cc(Br)ccc2OC)n2c(s/c(=C/c3cc(Br)c(OCc4ccc(Cl)cc4)c(OC)c3)c2=O)=N1. The summed E-state index contributed by atoms with van der Waals surface area (Å²) < 4.78 is 26.4. The second-order valence-electron chi connectivity index (χ2n) is 10.2. The van der Waals surface area contributed by atoms with Crippen molar-refractivity contribution in [1.82, 2.24) is 4.57 Å². The molecule has 1 aliphatic heterocycles. The van der Waals surface area contributed by atoms with Crippen LogP contribution in [-0.2, 0) is 16.1 Å². The lowest BCUT2D eigenvalue weighted by Gasteiger charge is -2.27. The predicted molar refractivity (Wildman–Crippen MR) is 187 cm³/mol. The number of ether oxygens (including phenoxy) is 4. The number of fused-ring (bicyclic) bond motifs is 1. The summed E-state index contributed by atoms with van der Waals surface area (Å²) in [5.74, 6) is 1.04. The summed E-state index contributed by atoms with van der Waals surface area (Å²) in [5.41, 5.74) is 2.92. The zero-order valence-corrected chi connectivity index (χ0v) is 30.3. The molecule has 0 saturated carbocycles. The number of carbonyl (C=O) groups excluding carboxylic acids is 1. The van der Waals surface area contributed by atoms with Crippen LogP contribution in [0.1, 0.15) is 49.4 Å². The number of esters is 1. The summed E-state index contributed by atoms with van der Waals surface area (Å²) in [4.78, 5) is 33.1. The van der Waals surface area contributed by atoms with E-state index in [0.29, 0.717) is 71.5 Å². The molecule has 0 radical (unpaired) electrons. The van der Waals surface area contributed by atoms with E-state index in [0.717, 1.165) is 16.5 Å². The molecule has 2 heterocycles. The number of thiazole rings is 1. The lowest BCUT2D eigenvalue weighted by Crippen LogP contribution is -2.40. The average Bonchev–Trinajstić information content (AvgIpc) is 3.34. The third kappa shape index (κ3) is 7.12. The van der Waals surface area contributed by atoms with Gasteiger partial charge in [0.25, 0.3) is 5.56 Å². The lowest BCUT2D eigenvalue weighted by molar-refractivity contribution is -0.139. The number of aromatic nitrogens is 1. The van der Waals surface area contributed by atoms with Gasteiger partial charge < -0.3 is 18.9 Å². The fraction of sp³-hybridized carbons (Fsp3) is 0.265. The van der Waals surface area contributed by atoms with Crippen LogP contribution >= 0.6 is 54.8 Å². The Labute approximate surface area is 292 Å². The molecule has 0 fully saturated rings. The minimum absolute atomic E-state index is 0.185. The van der Waals surface area contributed by atoms with Crippen molar-refractivity contribution in [2.75, 3.05) is 20.8 Å². The molecule has 240 valence electrons. The number of methoxy groups -OCH3 is 2. The molecule has 12 heteroatoms. The first kappa shape index (κ1) is 34.0. The molecule has 46 heavy (non-hydrogen) atoms. The number of nitrogens with zero attached hydrogens (tertiary/aromatic N) is 2. The van der Waals surface area contributed by atoms with Crippen molar-refractivity contribution in [3.8, 4) is 17.2 Å². The number of carbonyl (C=O) groups is 1. The quantitative estimate of drug-likeness (QED) is 0.148. The molecular formula is C34H31Br2ClN2O6S. The number of hydrogen-bond acceptors (Lipinski definition) is 8. The highest BCUT2D eigenvalue weighted by Crippen LogP contribution is 2.39. The number of benzene rings is 3. The third-order valence-corrected chi connectivity index (χ3v) is 9.54. The Bertz CT molecular complexity index is 1990. The van der Waals surface area contributed by atoms with Crippen LogP contribution in [-0.4, -0.2) is 31.4 Å². The maximum absolute atomic E-state index is 14.2. The first-order valence-electron chi connectivity index (χ1n) is 14.5. The van der Waals surface area contributed by atoms with Gasteiger partial charge in [0.2, 0.25) is 0 Å². The van der Waals surface area contributed by atoms with E-state index in [2.05, 4.69) is 31.9 Å². The van der Waals surface area contributed by atoms with Crippen LogP contribution in [0.2, 0.25) is 5.02 Å². The molecule has 3 aromatic carbocycles. The maximum Gasteiger partial charge on any atom is 0.338 e. The van der Waals surface area contributed by atoms with Gasteiger partial charge in [-0.1, -0.05) is 64.3 Å². The van der Waals surface area contributed by atoms with Crippen molar-refractivity contribution in [3.05, 3.63) is 116 Å². The minimum Gasteiger partial charge on any atom is -0.496 e. The molecule has 4 aromatic rings. The van der Waals surface area contributed by atoms with Crippen molar-refractivity contribution in [2.45, 2.75) is 39.3 Å². The molecular weight excluding hydrogens is 760 g/mol. The van der Waals surface area contributed by atoms with Crippen molar-refractivity contribution in [3.63, 3.8) is 0 Å². The van der Waals surface area contributed by atoms with E-state index in [1.165, 1.54) is 11.3 Å². The molecule has 1 aromatic heterocycles. The van der Waals surface area contributed by atoms with Gasteiger partial charge in [-0.05, 0) is 88.9 Å². The second kappa shape index (κ2) is 15.0. The Kier molecular flexibility index (Phi) is 11.1. The summed E-state index contributed by atoms with van der Waals surface area (Å²) in [7, 11) is 3.12. The average molecular weight is 791 g/mol. The zero-order valence-electron chi connectivity index (χ0n) is 25.6. The van der Waals surface area contributed by atoms with Crippen LogP contribution in [0.25, 0.3) is 6.08 Å². The normalized spacial score (nSPS) is 14.5. The summed E-state index contributed by atoms with van der Waals surface area (Å²) >= 11 is 14.4. The van der Waals surface area contributed by atoms with Gasteiger partial charge in [0.1, 0.15) is 18.4 Å². The van der Waals surface area contributed by atoms with Gasteiger partial charge in [0.15, 0.2) is 16.3 Å². The van der Waals surface area contributed by atoms with Crippen LogP contribution < -0.4 is 29.1 Å². The van der Waals surface area contributed by atoms with E-state index in [1.54, 1.807) is 37.9 Å². The van der Waals surface area contributed by atoms with Crippen LogP contribution in [0.5, 0.6) is 17.2 Å². The highest BCUT2D eigenvalue weighted by molar-refractivity contribution is 9.10. The van der Waals surface area contributed by atoms with Gasteiger partial charge in [-0.2, -0.15) is 0 Å². The van der Waals surface area contributed by atoms with Gasteiger partial charge in [0.05, 0.1) is 41.1 Å². The highest BCUT2D eigenvalue weighted by Gasteiger charge is 2.36. The molecule has 0 spiro atoms. The maximum atomic E-state index is 14.2. The van der Waals surface area contributed by atoms with E-state index in [-0.39, 0.29) is 12.2 Å². The van der Waals surface area contributed by atoms with E-state index < -0.39 is 12.0 Å². The Hall–Kier alpha value is -3.38. The van der Waals surface area contributed by atoms with Gasteiger partial charge >= 0.3 is 5.97 Å². The molecule has 0 saturated heterocycles.